The van der Waals surface area contributed by atoms with E-state index in [1.54, 1.807) is 0 Å². The molecule has 2 aromatic heterocycles. The van der Waals surface area contributed by atoms with E-state index in [0.717, 1.165) is 11.1 Å². The minimum absolute atomic E-state index is 0.187. The predicted molar refractivity (Wildman–Crippen MR) is 394 cm³/mol. The lowest BCUT2D eigenvalue weighted by Gasteiger charge is -2.22. The lowest BCUT2D eigenvalue weighted by molar-refractivity contribution is 0.661. The van der Waals surface area contributed by atoms with E-state index < -0.39 is 0 Å². The zero-order valence-electron chi connectivity index (χ0n) is 51.9. The van der Waals surface area contributed by atoms with Crippen LogP contribution >= 0.6 is 0 Å². The topological polar surface area (TPSA) is 9.86 Å². The van der Waals surface area contributed by atoms with Gasteiger partial charge in [-0.3, -0.25) is 0 Å². The molecule has 0 fully saturated rings. The van der Waals surface area contributed by atoms with Crippen LogP contribution in [0.2, 0.25) is 0 Å². The molecule has 0 radical (unpaired) electrons. The molecule has 0 spiro atoms. The summed E-state index contributed by atoms with van der Waals surface area (Å²) >= 11 is 0. The average molecular weight is 1190 g/mol. The van der Waals surface area contributed by atoms with E-state index in [2.05, 4.69) is 375 Å². The van der Waals surface area contributed by atoms with Crippen molar-refractivity contribution in [3.05, 3.63) is 384 Å². The molecule has 0 unspecified atom stereocenters. The van der Waals surface area contributed by atoms with Crippen LogP contribution in [0, 0.1) is 0 Å². The lowest BCUT2D eigenvalue weighted by atomic mass is 9.81. The van der Waals surface area contributed by atoms with Crippen molar-refractivity contribution in [2.24, 2.45) is 0 Å². The zero-order valence-corrected chi connectivity index (χ0v) is 51.9. The van der Waals surface area contributed by atoms with Crippen molar-refractivity contribution in [2.75, 3.05) is 0 Å². The van der Waals surface area contributed by atoms with Crippen LogP contribution in [0.3, 0.4) is 0 Å². The molecule has 1 aliphatic carbocycles. The SMILES string of the molecule is CC1(C)c2cc(-c3ccc(C=C(c4ccccc4)c4ccc(-c5ccc6c(c5)c5ccccc5n6-c5ccccc5)cc4)cc3)ccc2-c2ccc(-c3ccc(C=C(c4ccccc4)c4ccc(-c5ccc6c(c5)c5ccccc5n6-c5ccccc5)cc4)cc3)cc21. The Balaban J connectivity index is 0.614. The standard InChI is InChI=1S/C91H64N2/c1-91(2)85-59-73(63-35-31-61(32-36-63)55-81(67-19-7-3-8-20-67)69-43-39-65(40-44-69)71-49-53-89-83(57-71)79-27-15-17-29-87(79)92(89)75-23-11-5-12-24-75)47-51-77(85)78-52-48-74(60-86(78)91)64-37-33-62(34-38-64)56-82(68-21-9-4-10-22-68)70-45-41-66(42-46-70)72-50-54-90-84(58-72)80-28-16-18-30-88(80)93(90)76-25-13-6-14-26-76/h3-60H,1-2H3. The van der Waals surface area contributed by atoms with Crippen molar-refractivity contribution in [3.63, 3.8) is 0 Å². The molecule has 1 aliphatic rings. The number of benzene rings is 14. The number of fused-ring (bicyclic) bond motifs is 9. The summed E-state index contributed by atoms with van der Waals surface area (Å²) in [5.41, 5.74) is 31.4. The maximum Gasteiger partial charge on any atom is 0.0541 e. The van der Waals surface area contributed by atoms with Gasteiger partial charge < -0.3 is 9.13 Å². The largest absolute Gasteiger partial charge is 0.309 e. The summed E-state index contributed by atoms with van der Waals surface area (Å²) in [6.07, 6.45) is 4.67. The van der Waals surface area contributed by atoms with Gasteiger partial charge in [-0.25, -0.2) is 0 Å². The first-order valence-corrected chi connectivity index (χ1v) is 32.3. The van der Waals surface area contributed by atoms with Crippen LogP contribution in [-0.4, -0.2) is 9.13 Å². The fourth-order valence-electron chi connectivity index (χ4n) is 14.6. The molecular weight excluding hydrogens is 1120 g/mol. The zero-order chi connectivity index (χ0) is 62.0. The van der Waals surface area contributed by atoms with Crippen molar-refractivity contribution in [2.45, 2.75) is 19.3 Å². The molecule has 14 aromatic carbocycles. The van der Waals surface area contributed by atoms with Gasteiger partial charge in [0.25, 0.3) is 0 Å². The Labute approximate surface area is 543 Å². The Morgan fingerprint density at radius 3 is 0.925 bits per heavy atom. The van der Waals surface area contributed by atoms with Gasteiger partial charge in [0.1, 0.15) is 0 Å². The first-order valence-electron chi connectivity index (χ1n) is 32.3. The molecule has 2 nitrogen and oxygen atoms in total. The summed E-state index contributed by atoms with van der Waals surface area (Å²) in [6, 6.07) is 125. The maximum atomic E-state index is 2.43. The van der Waals surface area contributed by atoms with E-state index in [4.69, 9.17) is 0 Å². The van der Waals surface area contributed by atoms with Gasteiger partial charge in [0.2, 0.25) is 0 Å². The van der Waals surface area contributed by atoms with E-state index in [1.165, 1.54) is 155 Å². The van der Waals surface area contributed by atoms with E-state index in [0.29, 0.717) is 0 Å². The molecule has 0 amide bonds. The summed E-state index contributed by atoms with van der Waals surface area (Å²) in [5, 5.41) is 5.02. The fourth-order valence-corrected chi connectivity index (χ4v) is 14.6. The highest BCUT2D eigenvalue weighted by molar-refractivity contribution is 6.12. The molecule has 0 bridgehead atoms. The molecule has 0 saturated carbocycles. The summed E-state index contributed by atoms with van der Waals surface area (Å²) in [7, 11) is 0. The van der Waals surface area contributed by atoms with Crippen LogP contribution in [0.15, 0.2) is 340 Å². The second-order valence-electron chi connectivity index (χ2n) is 25.2. The molecule has 438 valence electrons. The first kappa shape index (κ1) is 55.2. The summed E-state index contributed by atoms with van der Waals surface area (Å²) < 4.78 is 4.75. The van der Waals surface area contributed by atoms with E-state index in [-0.39, 0.29) is 5.41 Å². The van der Waals surface area contributed by atoms with E-state index >= 15 is 0 Å². The Kier molecular flexibility index (Phi) is 13.6. The molecule has 0 N–H and O–H groups in total. The minimum atomic E-state index is -0.187. The van der Waals surface area contributed by atoms with Crippen molar-refractivity contribution >= 4 is 66.9 Å². The van der Waals surface area contributed by atoms with Gasteiger partial charge in [-0.15, -0.1) is 0 Å². The summed E-state index contributed by atoms with van der Waals surface area (Å²) in [6.45, 7) is 4.77. The quantitative estimate of drug-likeness (QED) is 0.108. The highest BCUT2D eigenvalue weighted by Gasteiger charge is 2.36. The molecule has 16 aromatic rings. The highest BCUT2D eigenvalue weighted by Crippen LogP contribution is 2.51. The number of para-hydroxylation sites is 4. The molecule has 17 rings (SSSR count). The number of hydrogen-bond donors (Lipinski definition) is 0. The van der Waals surface area contributed by atoms with Gasteiger partial charge in [-0.2, -0.15) is 0 Å². The second kappa shape index (κ2) is 22.9. The van der Waals surface area contributed by atoms with Gasteiger partial charge in [0.15, 0.2) is 0 Å². The molecule has 0 atom stereocenters. The van der Waals surface area contributed by atoms with Crippen molar-refractivity contribution in [3.8, 4) is 67.0 Å². The average Bonchev–Trinajstić information content (AvgIpc) is 1.63. The van der Waals surface area contributed by atoms with Crippen molar-refractivity contribution < 1.29 is 0 Å². The van der Waals surface area contributed by atoms with Crippen LogP contribution in [0.25, 0.3) is 134 Å². The molecule has 93 heavy (non-hydrogen) atoms. The maximum absolute atomic E-state index is 2.43. The van der Waals surface area contributed by atoms with Crippen molar-refractivity contribution in [1.29, 1.82) is 0 Å². The Morgan fingerprint density at radius 1 is 0.247 bits per heavy atom. The molecule has 0 saturated heterocycles. The smallest absolute Gasteiger partial charge is 0.0541 e. The van der Waals surface area contributed by atoms with Gasteiger partial charge in [0.05, 0.1) is 22.1 Å². The van der Waals surface area contributed by atoms with Crippen LogP contribution in [0.4, 0.5) is 0 Å². The van der Waals surface area contributed by atoms with Crippen LogP contribution < -0.4 is 0 Å². The highest BCUT2D eigenvalue weighted by atomic mass is 15.0. The van der Waals surface area contributed by atoms with Crippen LogP contribution in [0.1, 0.15) is 58.4 Å². The number of rotatable bonds is 12. The second-order valence-corrected chi connectivity index (χ2v) is 25.2. The molecule has 0 aliphatic heterocycles. The van der Waals surface area contributed by atoms with Gasteiger partial charge in [0, 0.05) is 38.3 Å². The Bertz CT molecular complexity index is 5200. The third-order valence-electron chi connectivity index (χ3n) is 19.4. The van der Waals surface area contributed by atoms with Gasteiger partial charge in [-0.1, -0.05) is 281 Å². The third kappa shape index (κ3) is 9.92. The lowest BCUT2D eigenvalue weighted by Crippen LogP contribution is -2.15. The monoisotopic (exact) mass is 1180 g/mol. The minimum Gasteiger partial charge on any atom is -0.309 e. The summed E-state index contributed by atoms with van der Waals surface area (Å²) in [4.78, 5) is 0. The Morgan fingerprint density at radius 2 is 0.538 bits per heavy atom. The number of hydrogen-bond acceptors (Lipinski definition) is 0. The van der Waals surface area contributed by atoms with Crippen LogP contribution in [-0.2, 0) is 5.41 Å². The molecule has 2 heteroatoms. The van der Waals surface area contributed by atoms with Gasteiger partial charge >= 0.3 is 0 Å². The predicted octanol–water partition coefficient (Wildman–Crippen LogP) is 24.0. The Hall–Kier alpha value is -11.8. The third-order valence-corrected chi connectivity index (χ3v) is 19.4. The summed E-state index contributed by atoms with van der Waals surface area (Å²) in [5.74, 6) is 0. The van der Waals surface area contributed by atoms with E-state index in [9.17, 15) is 0 Å². The van der Waals surface area contributed by atoms with Gasteiger partial charge in [-0.05, 0) is 196 Å². The molecular formula is C91H64N2. The normalized spacial score (nSPS) is 12.8. The van der Waals surface area contributed by atoms with E-state index in [1.807, 2.05) is 0 Å². The first-order chi connectivity index (χ1) is 45.8. The number of aromatic nitrogens is 2. The number of nitrogens with zero attached hydrogens (tertiary/aromatic N) is 2. The fraction of sp³-hybridized carbons (Fsp3) is 0.0330. The van der Waals surface area contributed by atoms with Crippen LogP contribution in [0.5, 0.6) is 0 Å². The van der Waals surface area contributed by atoms with Crippen molar-refractivity contribution in [1.82, 2.24) is 9.13 Å². The molecule has 2 heterocycles.